The molecule has 0 bridgehead atoms. The van der Waals surface area contributed by atoms with E-state index in [9.17, 15) is 4.79 Å². The monoisotopic (exact) mass is 283 g/mol. The molecule has 0 atom stereocenters. The van der Waals surface area contributed by atoms with Crippen molar-refractivity contribution in [3.05, 3.63) is 47.9 Å². The van der Waals surface area contributed by atoms with Gasteiger partial charge in [0, 0.05) is 49.0 Å². The second kappa shape index (κ2) is 5.32. The number of rotatable bonds is 4. The van der Waals surface area contributed by atoms with Gasteiger partial charge in [-0.3, -0.25) is 9.48 Å². The number of nitrogens with two attached hydrogens (primary N) is 1. The molecule has 6 nitrogen and oxygen atoms in total. The van der Waals surface area contributed by atoms with E-state index in [4.69, 9.17) is 5.73 Å². The van der Waals surface area contributed by atoms with Gasteiger partial charge in [0.1, 0.15) is 0 Å². The molecule has 0 aliphatic heterocycles. The summed E-state index contributed by atoms with van der Waals surface area (Å²) in [6.07, 6.45) is 4.30. The number of nitrogen functional groups attached to an aromatic ring is 1. The van der Waals surface area contributed by atoms with Crippen molar-refractivity contribution >= 4 is 22.5 Å². The summed E-state index contributed by atoms with van der Waals surface area (Å²) in [6, 6.07) is 7.43. The first-order chi connectivity index (χ1) is 10.1. The van der Waals surface area contributed by atoms with Crippen LogP contribution in [0.25, 0.3) is 10.9 Å². The second-order valence-corrected chi connectivity index (χ2v) is 4.99. The van der Waals surface area contributed by atoms with Crippen molar-refractivity contribution in [2.75, 3.05) is 12.3 Å². The first-order valence-electron chi connectivity index (χ1n) is 6.77. The number of aromatic nitrogens is 3. The number of carbonyl (C=O) groups is 1. The third-order valence-corrected chi connectivity index (χ3v) is 3.39. The van der Waals surface area contributed by atoms with Crippen LogP contribution >= 0.6 is 0 Å². The molecule has 2 heterocycles. The number of benzene rings is 1. The van der Waals surface area contributed by atoms with E-state index < -0.39 is 0 Å². The highest BCUT2D eigenvalue weighted by atomic mass is 16.1. The Morgan fingerprint density at radius 2 is 2.29 bits per heavy atom. The zero-order valence-corrected chi connectivity index (χ0v) is 11.8. The molecule has 1 aromatic carbocycles. The molecule has 0 spiro atoms. The topological polar surface area (TPSA) is 88.7 Å². The van der Waals surface area contributed by atoms with Gasteiger partial charge in [-0.2, -0.15) is 5.10 Å². The molecular weight excluding hydrogens is 266 g/mol. The molecule has 108 valence electrons. The number of hydrogen-bond donors (Lipinski definition) is 3. The Balaban J connectivity index is 1.68. The van der Waals surface area contributed by atoms with Gasteiger partial charge in [-0.25, -0.2) is 0 Å². The molecule has 0 radical (unpaired) electrons. The third-order valence-electron chi connectivity index (χ3n) is 3.39. The Bertz CT molecular complexity index is 786. The minimum absolute atomic E-state index is 0.109. The number of nitrogens with one attached hydrogen (secondary N) is 2. The third kappa shape index (κ3) is 2.74. The van der Waals surface area contributed by atoms with Gasteiger partial charge in [0.25, 0.3) is 5.91 Å². The molecular formula is C15H17N5O. The van der Waals surface area contributed by atoms with Crippen molar-refractivity contribution < 1.29 is 4.79 Å². The van der Waals surface area contributed by atoms with Crippen molar-refractivity contribution in [2.24, 2.45) is 7.05 Å². The highest BCUT2D eigenvalue weighted by molar-refractivity contribution is 6.07. The second-order valence-electron chi connectivity index (χ2n) is 4.99. The predicted octanol–water partition coefficient (Wildman–Crippen LogP) is 1.46. The summed E-state index contributed by atoms with van der Waals surface area (Å²) in [4.78, 5) is 15.3. The number of nitrogens with zero attached hydrogens (tertiary/aromatic N) is 2. The molecule has 1 amide bonds. The summed E-state index contributed by atoms with van der Waals surface area (Å²) in [5.74, 6) is -0.109. The zero-order chi connectivity index (χ0) is 14.8. The van der Waals surface area contributed by atoms with Gasteiger partial charge in [0.2, 0.25) is 0 Å². The molecule has 0 fully saturated rings. The fourth-order valence-electron chi connectivity index (χ4n) is 2.32. The number of carbonyl (C=O) groups excluding carboxylic acids is 1. The highest BCUT2D eigenvalue weighted by Crippen LogP contribution is 2.20. The average Bonchev–Trinajstić information content (AvgIpc) is 3.04. The summed E-state index contributed by atoms with van der Waals surface area (Å²) in [5.41, 5.74) is 8.89. The van der Waals surface area contributed by atoms with Gasteiger partial charge in [-0.15, -0.1) is 0 Å². The number of H-pyrrole nitrogens is 1. The first kappa shape index (κ1) is 13.2. The molecule has 0 aliphatic carbocycles. The maximum atomic E-state index is 12.2. The van der Waals surface area contributed by atoms with Crippen LogP contribution in [-0.4, -0.2) is 27.2 Å². The van der Waals surface area contributed by atoms with Crippen molar-refractivity contribution in [3.8, 4) is 0 Å². The predicted molar refractivity (Wildman–Crippen MR) is 82.0 cm³/mol. The van der Waals surface area contributed by atoms with Gasteiger partial charge in [-0.05, 0) is 24.3 Å². The molecule has 2 aromatic heterocycles. The molecule has 0 aliphatic rings. The molecule has 0 unspecified atom stereocenters. The maximum absolute atomic E-state index is 12.2. The lowest BCUT2D eigenvalue weighted by molar-refractivity contribution is 0.0956. The summed E-state index contributed by atoms with van der Waals surface area (Å²) in [5, 5.41) is 8.02. The zero-order valence-electron chi connectivity index (χ0n) is 11.8. The van der Waals surface area contributed by atoms with Gasteiger partial charge < -0.3 is 16.0 Å². The van der Waals surface area contributed by atoms with Gasteiger partial charge >= 0.3 is 0 Å². The Kier molecular flexibility index (Phi) is 3.35. The Morgan fingerprint density at radius 3 is 3.05 bits per heavy atom. The van der Waals surface area contributed by atoms with Crippen LogP contribution in [0, 0.1) is 0 Å². The molecule has 4 N–H and O–H groups in total. The minimum Gasteiger partial charge on any atom is -0.399 e. The Hall–Kier alpha value is -2.76. The SMILES string of the molecule is Cn1ccc(CCNC(=O)c2c[nH]c3ccc(N)cc23)n1. The standard InChI is InChI=1S/C15H17N5O/c1-20-7-5-11(19-20)4-6-17-15(21)13-9-18-14-3-2-10(16)8-12(13)14/h2-3,5,7-9,18H,4,6,16H2,1H3,(H,17,21). The lowest BCUT2D eigenvalue weighted by atomic mass is 10.1. The Labute approximate surface area is 121 Å². The number of hydrogen-bond acceptors (Lipinski definition) is 3. The smallest absolute Gasteiger partial charge is 0.253 e. The van der Waals surface area contributed by atoms with Crippen LogP contribution < -0.4 is 11.1 Å². The van der Waals surface area contributed by atoms with E-state index in [-0.39, 0.29) is 5.91 Å². The molecule has 21 heavy (non-hydrogen) atoms. The van der Waals surface area contributed by atoms with E-state index in [0.29, 0.717) is 24.2 Å². The summed E-state index contributed by atoms with van der Waals surface area (Å²) in [6.45, 7) is 0.546. The lowest BCUT2D eigenvalue weighted by Gasteiger charge is -2.03. The quantitative estimate of drug-likeness (QED) is 0.633. The maximum Gasteiger partial charge on any atom is 0.253 e. The molecule has 3 rings (SSSR count). The molecule has 0 saturated carbocycles. The molecule has 0 saturated heterocycles. The van der Waals surface area contributed by atoms with Crippen LogP contribution in [0.15, 0.2) is 36.7 Å². The van der Waals surface area contributed by atoms with Crippen LogP contribution in [-0.2, 0) is 13.5 Å². The van der Waals surface area contributed by atoms with Crippen LogP contribution in [0.3, 0.4) is 0 Å². The summed E-state index contributed by atoms with van der Waals surface area (Å²) >= 11 is 0. The van der Waals surface area contributed by atoms with Crippen LogP contribution in [0.2, 0.25) is 0 Å². The van der Waals surface area contributed by atoms with Gasteiger partial charge in [-0.1, -0.05) is 0 Å². The lowest BCUT2D eigenvalue weighted by Crippen LogP contribution is -2.25. The normalized spacial score (nSPS) is 10.9. The molecule has 6 heteroatoms. The number of fused-ring (bicyclic) bond motifs is 1. The Morgan fingerprint density at radius 1 is 1.43 bits per heavy atom. The first-order valence-corrected chi connectivity index (χ1v) is 6.77. The number of anilines is 1. The number of amides is 1. The number of aromatic amines is 1. The number of aryl methyl sites for hydroxylation is 1. The van der Waals surface area contributed by atoms with Gasteiger partial charge in [0.05, 0.1) is 11.3 Å². The van der Waals surface area contributed by atoms with Crippen molar-refractivity contribution in [2.45, 2.75) is 6.42 Å². The van der Waals surface area contributed by atoms with Crippen molar-refractivity contribution in [3.63, 3.8) is 0 Å². The fourth-order valence-corrected chi connectivity index (χ4v) is 2.32. The van der Waals surface area contributed by atoms with E-state index in [1.54, 1.807) is 16.9 Å². The van der Waals surface area contributed by atoms with Crippen LogP contribution in [0.5, 0.6) is 0 Å². The van der Waals surface area contributed by atoms with Crippen molar-refractivity contribution in [1.29, 1.82) is 0 Å². The summed E-state index contributed by atoms with van der Waals surface area (Å²) in [7, 11) is 1.87. The average molecular weight is 283 g/mol. The van der Waals surface area contributed by atoms with Gasteiger partial charge in [0.15, 0.2) is 0 Å². The van der Waals surface area contributed by atoms with E-state index in [0.717, 1.165) is 16.6 Å². The largest absolute Gasteiger partial charge is 0.399 e. The van der Waals surface area contributed by atoms with E-state index in [2.05, 4.69) is 15.4 Å². The summed E-state index contributed by atoms with van der Waals surface area (Å²) < 4.78 is 1.75. The fraction of sp³-hybridized carbons (Fsp3) is 0.200. The van der Waals surface area contributed by atoms with Crippen molar-refractivity contribution in [1.82, 2.24) is 20.1 Å². The minimum atomic E-state index is -0.109. The van der Waals surface area contributed by atoms with E-state index in [1.165, 1.54) is 0 Å². The highest BCUT2D eigenvalue weighted by Gasteiger charge is 2.11. The van der Waals surface area contributed by atoms with Crippen LogP contribution in [0.1, 0.15) is 16.1 Å². The molecule has 3 aromatic rings. The van der Waals surface area contributed by atoms with E-state index >= 15 is 0 Å². The van der Waals surface area contributed by atoms with E-state index in [1.807, 2.05) is 31.4 Å². The van der Waals surface area contributed by atoms with Crippen LogP contribution in [0.4, 0.5) is 5.69 Å².